The highest BCUT2D eigenvalue weighted by Crippen LogP contribution is 2.29. The summed E-state index contributed by atoms with van der Waals surface area (Å²) >= 11 is 6.50. The van der Waals surface area contributed by atoms with Crippen molar-refractivity contribution < 1.29 is 15.2 Å². The Labute approximate surface area is 168 Å². The molecule has 1 heterocycles. The smallest absolute Gasteiger partial charge is 0.222 e. The van der Waals surface area contributed by atoms with Gasteiger partial charge < -0.3 is 31.3 Å². The molecular formula is C17H14N4O5S2-2. The van der Waals surface area contributed by atoms with Gasteiger partial charge in [-0.15, -0.1) is 11.3 Å². The number of aromatic nitrogens is 1. The van der Waals surface area contributed by atoms with E-state index in [1.807, 2.05) is 0 Å². The highest BCUT2D eigenvalue weighted by Gasteiger charge is 2.11. The third-order valence-electron chi connectivity index (χ3n) is 3.82. The van der Waals surface area contributed by atoms with Crippen LogP contribution in [0, 0.1) is 19.6 Å². The molecule has 146 valence electrons. The Hall–Kier alpha value is -3.12. The summed E-state index contributed by atoms with van der Waals surface area (Å²) in [6, 6.07) is 6.09. The van der Waals surface area contributed by atoms with Gasteiger partial charge in [-0.3, -0.25) is 9.77 Å². The van der Waals surface area contributed by atoms with Gasteiger partial charge in [0.05, 0.1) is 17.2 Å². The molecule has 1 aromatic carbocycles. The topological polar surface area (TPSA) is 133 Å². The third-order valence-corrected chi connectivity index (χ3v) is 5.21. The number of allylic oxidation sites excluding steroid dienone is 5. The molecule has 0 saturated heterocycles. The molecule has 3 N–H and O–H groups in total. The van der Waals surface area contributed by atoms with Gasteiger partial charge in [-0.1, -0.05) is 0 Å². The molecule has 1 aliphatic rings. The van der Waals surface area contributed by atoms with Crippen molar-refractivity contribution >= 4 is 46.7 Å². The van der Waals surface area contributed by atoms with Crippen molar-refractivity contribution in [2.45, 2.75) is 6.67 Å². The molecule has 0 spiro atoms. The summed E-state index contributed by atoms with van der Waals surface area (Å²) in [5, 5.41) is 54.3. The second kappa shape index (κ2) is 8.27. The minimum absolute atomic E-state index is 0.0110. The van der Waals surface area contributed by atoms with Gasteiger partial charge in [0.25, 0.3) is 0 Å². The van der Waals surface area contributed by atoms with Crippen molar-refractivity contribution in [1.82, 2.24) is 4.57 Å². The van der Waals surface area contributed by atoms with Gasteiger partial charge in [0, 0.05) is 17.8 Å². The lowest BCUT2D eigenvalue weighted by molar-refractivity contribution is -0.377. The fourth-order valence-corrected chi connectivity index (χ4v) is 3.63. The van der Waals surface area contributed by atoms with E-state index >= 15 is 0 Å². The highest BCUT2D eigenvalue weighted by atomic mass is 32.1. The van der Waals surface area contributed by atoms with Gasteiger partial charge in [0.2, 0.25) is 11.6 Å². The van der Waals surface area contributed by atoms with Gasteiger partial charge >= 0.3 is 0 Å². The molecule has 2 aromatic rings. The van der Waals surface area contributed by atoms with E-state index in [-0.39, 0.29) is 29.2 Å². The van der Waals surface area contributed by atoms with Crippen LogP contribution in [0.4, 0.5) is 11.4 Å². The van der Waals surface area contributed by atoms with Crippen molar-refractivity contribution in [3.8, 4) is 5.88 Å². The molecule has 11 heteroatoms. The van der Waals surface area contributed by atoms with Gasteiger partial charge in [0.15, 0.2) is 3.95 Å². The van der Waals surface area contributed by atoms with E-state index in [0.29, 0.717) is 20.1 Å². The summed E-state index contributed by atoms with van der Waals surface area (Å²) in [7, 11) is 0. The van der Waals surface area contributed by atoms with Crippen LogP contribution < -0.4 is 10.5 Å². The molecule has 0 radical (unpaired) electrons. The standard InChI is InChI=1S/C17H14N4O5S2/c22-16-15(9-11-1-5-13(6-2-11)20(23)24)28-17(27)19(16)10-18-12-3-7-14(8-4-12)21(25)26/h1-9,18,25H,10H2,(H-,22,23,24)/q-2. The van der Waals surface area contributed by atoms with Crippen molar-refractivity contribution in [2.24, 2.45) is 0 Å². The molecule has 3 rings (SSSR count). The van der Waals surface area contributed by atoms with E-state index in [1.54, 1.807) is 30.4 Å². The summed E-state index contributed by atoms with van der Waals surface area (Å²) in [5.74, 6) is -0.0291. The van der Waals surface area contributed by atoms with Crippen LogP contribution in [0.1, 0.15) is 4.88 Å². The number of thiazole rings is 1. The number of rotatable bonds is 5. The first kappa shape index (κ1) is 19.6. The summed E-state index contributed by atoms with van der Waals surface area (Å²) in [6.07, 6.45) is 7.64. The van der Waals surface area contributed by atoms with E-state index in [9.17, 15) is 20.7 Å². The lowest BCUT2D eigenvalue weighted by Crippen LogP contribution is -2.09. The number of benzene rings is 1. The van der Waals surface area contributed by atoms with Crippen LogP contribution in [0.25, 0.3) is 6.08 Å². The van der Waals surface area contributed by atoms with Crippen LogP contribution in [0.15, 0.2) is 54.1 Å². The fraction of sp³-hybridized carbons (Fsp3) is 0.0588. The monoisotopic (exact) mass is 418 g/mol. The van der Waals surface area contributed by atoms with Crippen LogP contribution >= 0.6 is 23.6 Å². The van der Waals surface area contributed by atoms with E-state index in [0.717, 1.165) is 0 Å². The van der Waals surface area contributed by atoms with Crippen LogP contribution in [0.2, 0.25) is 0 Å². The number of hydrogen-bond donors (Lipinski definition) is 3. The molecule has 0 bridgehead atoms. The Morgan fingerprint density at radius 3 is 2.39 bits per heavy atom. The third kappa shape index (κ3) is 4.40. The van der Waals surface area contributed by atoms with Gasteiger partial charge in [-0.2, -0.15) is 4.90 Å². The zero-order valence-corrected chi connectivity index (χ0v) is 15.8. The van der Waals surface area contributed by atoms with Crippen LogP contribution in [-0.2, 0) is 6.67 Å². The average Bonchev–Trinajstić information content (AvgIpc) is 2.94. The molecule has 0 unspecified atom stereocenters. The lowest BCUT2D eigenvalue weighted by Gasteiger charge is -2.21. The largest absolute Gasteiger partial charge is 0.733 e. The number of nitrogens with zero attached hydrogens (tertiary/aromatic N) is 3. The summed E-state index contributed by atoms with van der Waals surface area (Å²) in [4.78, 5) is 0.0491. The maximum Gasteiger partial charge on any atom is 0.222 e. The molecule has 1 aromatic heterocycles. The highest BCUT2D eigenvalue weighted by molar-refractivity contribution is 7.73. The summed E-state index contributed by atoms with van der Waals surface area (Å²) in [6.45, 7) is 0.189. The lowest BCUT2D eigenvalue weighted by atomic mass is 10.1. The number of nitrogens with one attached hydrogen (secondary N) is 1. The predicted molar refractivity (Wildman–Crippen MR) is 111 cm³/mol. The molecule has 0 amide bonds. The maximum atomic E-state index is 10.8. The Morgan fingerprint density at radius 2 is 1.82 bits per heavy atom. The Kier molecular flexibility index (Phi) is 5.80. The minimum atomic E-state index is -0.477. The van der Waals surface area contributed by atoms with E-state index in [1.165, 1.54) is 40.2 Å². The molecule has 1 aliphatic carbocycles. The first-order valence-corrected chi connectivity index (χ1v) is 9.09. The normalized spacial score (nSPS) is 12.9. The van der Waals surface area contributed by atoms with Crippen molar-refractivity contribution in [1.29, 1.82) is 0 Å². The molecule has 28 heavy (non-hydrogen) atoms. The Morgan fingerprint density at radius 1 is 1.18 bits per heavy atom. The number of hydrogen-bond acceptors (Lipinski definition) is 9. The minimum Gasteiger partial charge on any atom is -0.733 e. The van der Waals surface area contributed by atoms with Crippen LogP contribution in [-0.4, -0.2) is 25.5 Å². The predicted octanol–water partition coefficient (Wildman–Crippen LogP) is 3.71. The quantitative estimate of drug-likeness (QED) is 0.380. The van der Waals surface area contributed by atoms with Gasteiger partial charge in [0.1, 0.15) is 0 Å². The molecule has 0 saturated carbocycles. The molecule has 0 atom stereocenters. The zero-order valence-electron chi connectivity index (χ0n) is 14.2. The first-order valence-electron chi connectivity index (χ1n) is 7.87. The fourth-order valence-electron chi connectivity index (χ4n) is 2.37. The van der Waals surface area contributed by atoms with Gasteiger partial charge in [-0.05, 0) is 60.3 Å². The van der Waals surface area contributed by atoms with Crippen LogP contribution in [0.5, 0.6) is 5.88 Å². The molecule has 0 fully saturated rings. The number of aromatic hydroxyl groups is 1. The van der Waals surface area contributed by atoms with Crippen molar-refractivity contribution in [3.63, 3.8) is 0 Å². The maximum absolute atomic E-state index is 10.8. The van der Waals surface area contributed by atoms with E-state index in [2.05, 4.69) is 5.32 Å². The number of anilines is 2. The van der Waals surface area contributed by atoms with Crippen molar-refractivity contribution in [3.05, 3.63) is 78.6 Å². The Balaban J connectivity index is 1.75. The van der Waals surface area contributed by atoms with Gasteiger partial charge in [-0.25, -0.2) is 0 Å². The molecule has 0 aliphatic heterocycles. The van der Waals surface area contributed by atoms with Crippen molar-refractivity contribution in [2.75, 3.05) is 10.5 Å². The molecular weight excluding hydrogens is 404 g/mol. The molecule has 9 nitrogen and oxygen atoms in total. The van der Waals surface area contributed by atoms with Crippen LogP contribution in [0.3, 0.4) is 0 Å². The van der Waals surface area contributed by atoms with E-state index in [4.69, 9.17) is 17.4 Å². The summed E-state index contributed by atoms with van der Waals surface area (Å²) in [5.41, 5.74) is 1.45. The second-order valence-electron chi connectivity index (χ2n) is 5.63. The van der Waals surface area contributed by atoms with E-state index < -0.39 is 4.90 Å². The summed E-state index contributed by atoms with van der Waals surface area (Å²) < 4.78 is 1.94. The first-order chi connectivity index (χ1) is 13.3. The SMILES string of the molecule is [O-]N(O)c1ccc(NCn2c(O)c(C=C3C=CC(=[N+]([O-])[O-])C=C3)sc2=S)cc1. The average molecular weight is 418 g/mol. The Bertz CT molecular complexity index is 1030. The second-order valence-corrected chi connectivity index (χ2v) is 7.31. The zero-order chi connectivity index (χ0) is 20.3.